The molecule has 1 aromatic rings. The number of carbonyl (C=O) groups is 1. The highest BCUT2D eigenvalue weighted by Crippen LogP contribution is 2.04. The summed E-state index contributed by atoms with van der Waals surface area (Å²) in [6.07, 6.45) is -0.0862. The number of hydrogen-bond acceptors (Lipinski definition) is 5. The van der Waals surface area contributed by atoms with E-state index in [4.69, 9.17) is 10.9 Å². The van der Waals surface area contributed by atoms with Crippen molar-refractivity contribution < 1.29 is 10.0 Å². The number of thiazole rings is 1. The van der Waals surface area contributed by atoms with Gasteiger partial charge in [-0.1, -0.05) is 5.16 Å². The molecule has 0 saturated heterocycles. The number of aromatic nitrogens is 1. The van der Waals surface area contributed by atoms with Gasteiger partial charge in [0.25, 0.3) is 0 Å². The van der Waals surface area contributed by atoms with Crippen molar-refractivity contribution in [1.29, 1.82) is 0 Å². The van der Waals surface area contributed by atoms with Crippen LogP contribution in [0.4, 0.5) is 0 Å². The van der Waals surface area contributed by atoms with Crippen LogP contribution in [-0.4, -0.2) is 33.9 Å². The predicted molar refractivity (Wildman–Crippen MR) is 56.6 cm³/mol. The standard InChI is InChI=1S/C8H12N4O2S/c1-12(3-6-4-15-5-10-6)8(13)2-7(9)11-14/h4-5,14H,2-3H2,1H3,(H2,9,11). The van der Waals surface area contributed by atoms with Crippen LogP contribution in [-0.2, 0) is 11.3 Å². The number of oxime groups is 1. The lowest BCUT2D eigenvalue weighted by Crippen LogP contribution is -2.30. The van der Waals surface area contributed by atoms with Crippen LogP contribution < -0.4 is 5.73 Å². The van der Waals surface area contributed by atoms with Gasteiger partial charge in [0.15, 0.2) is 0 Å². The molecule has 0 aliphatic carbocycles. The maximum absolute atomic E-state index is 11.5. The highest BCUT2D eigenvalue weighted by molar-refractivity contribution is 7.07. The van der Waals surface area contributed by atoms with Gasteiger partial charge in [-0.15, -0.1) is 11.3 Å². The zero-order valence-corrected chi connectivity index (χ0v) is 9.07. The summed E-state index contributed by atoms with van der Waals surface area (Å²) in [5, 5.41) is 12.9. The van der Waals surface area contributed by atoms with Crippen LogP contribution in [0, 0.1) is 0 Å². The Morgan fingerprint density at radius 1 is 1.80 bits per heavy atom. The summed E-state index contributed by atoms with van der Waals surface area (Å²) >= 11 is 1.47. The molecule has 0 radical (unpaired) electrons. The average molecular weight is 228 g/mol. The van der Waals surface area contributed by atoms with Gasteiger partial charge < -0.3 is 15.8 Å². The Balaban J connectivity index is 2.47. The summed E-state index contributed by atoms with van der Waals surface area (Å²) in [7, 11) is 1.65. The fourth-order valence-corrected chi connectivity index (χ4v) is 1.52. The molecule has 1 heterocycles. The molecule has 82 valence electrons. The predicted octanol–water partition coefficient (Wildman–Crippen LogP) is 0.238. The van der Waals surface area contributed by atoms with E-state index in [1.54, 1.807) is 12.6 Å². The van der Waals surface area contributed by atoms with Gasteiger partial charge in [0.1, 0.15) is 5.84 Å². The van der Waals surface area contributed by atoms with Crippen molar-refractivity contribution in [2.24, 2.45) is 10.9 Å². The number of amides is 1. The highest BCUT2D eigenvalue weighted by Gasteiger charge is 2.11. The molecule has 15 heavy (non-hydrogen) atoms. The highest BCUT2D eigenvalue weighted by atomic mass is 32.1. The fourth-order valence-electron chi connectivity index (χ4n) is 0.972. The molecule has 1 rings (SSSR count). The minimum absolute atomic E-state index is 0.0862. The first kappa shape index (κ1) is 11.4. The van der Waals surface area contributed by atoms with E-state index in [0.717, 1.165) is 5.69 Å². The number of nitrogens with two attached hydrogens (primary N) is 1. The molecule has 0 aliphatic heterocycles. The van der Waals surface area contributed by atoms with Gasteiger partial charge in [-0.2, -0.15) is 0 Å². The van der Waals surface area contributed by atoms with Gasteiger partial charge >= 0.3 is 0 Å². The van der Waals surface area contributed by atoms with E-state index in [2.05, 4.69) is 10.1 Å². The summed E-state index contributed by atoms with van der Waals surface area (Å²) in [4.78, 5) is 17.0. The van der Waals surface area contributed by atoms with Crippen molar-refractivity contribution in [2.75, 3.05) is 7.05 Å². The third-order valence-electron chi connectivity index (χ3n) is 1.77. The van der Waals surface area contributed by atoms with E-state index >= 15 is 0 Å². The summed E-state index contributed by atoms with van der Waals surface area (Å²) in [6, 6.07) is 0. The fraction of sp³-hybridized carbons (Fsp3) is 0.375. The van der Waals surface area contributed by atoms with Gasteiger partial charge in [-0.25, -0.2) is 4.98 Å². The second kappa shape index (κ2) is 5.30. The molecule has 0 spiro atoms. The quantitative estimate of drug-likeness (QED) is 0.334. The molecule has 7 heteroatoms. The minimum Gasteiger partial charge on any atom is -0.409 e. The molecule has 3 N–H and O–H groups in total. The summed E-state index contributed by atoms with van der Waals surface area (Å²) in [5.74, 6) is -0.302. The molecule has 0 bridgehead atoms. The number of rotatable bonds is 4. The molecule has 6 nitrogen and oxygen atoms in total. The Morgan fingerprint density at radius 2 is 2.53 bits per heavy atom. The summed E-state index contributed by atoms with van der Waals surface area (Å²) in [6.45, 7) is 0.432. The summed E-state index contributed by atoms with van der Waals surface area (Å²) < 4.78 is 0. The number of amidine groups is 1. The summed E-state index contributed by atoms with van der Waals surface area (Å²) in [5.41, 5.74) is 7.76. The SMILES string of the molecule is CN(Cc1cscn1)C(=O)CC(N)=NO. The lowest BCUT2D eigenvalue weighted by molar-refractivity contribution is -0.129. The molecular weight excluding hydrogens is 216 g/mol. The molecule has 0 unspecified atom stereocenters. The lowest BCUT2D eigenvalue weighted by atomic mass is 10.3. The molecular formula is C8H12N4O2S. The Hall–Kier alpha value is -1.63. The van der Waals surface area contributed by atoms with Crippen molar-refractivity contribution in [3.8, 4) is 0 Å². The largest absolute Gasteiger partial charge is 0.409 e. The maximum Gasteiger partial charge on any atom is 0.230 e. The Bertz CT molecular complexity index is 350. The second-order valence-corrected chi connectivity index (χ2v) is 3.72. The van der Waals surface area contributed by atoms with Crippen LogP contribution in [0.5, 0.6) is 0 Å². The van der Waals surface area contributed by atoms with Gasteiger partial charge in [-0.05, 0) is 0 Å². The second-order valence-electron chi connectivity index (χ2n) is 3.00. The first-order valence-corrected chi connectivity index (χ1v) is 5.15. The van der Waals surface area contributed by atoms with Crippen molar-refractivity contribution in [2.45, 2.75) is 13.0 Å². The number of nitrogens with zero attached hydrogens (tertiary/aromatic N) is 3. The first-order valence-electron chi connectivity index (χ1n) is 4.21. The van der Waals surface area contributed by atoms with E-state index in [1.807, 2.05) is 5.38 Å². The van der Waals surface area contributed by atoms with Gasteiger partial charge in [-0.3, -0.25) is 4.79 Å². The van der Waals surface area contributed by atoms with Crippen LogP contribution in [0.1, 0.15) is 12.1 Å². The molecule has 1 amide bonds. The van der Waals surface area contributed by atoms with E-state index in [0.29, 0.717) is 6.54 Å². The normalized spacial score (nSPS) is 11.4. The zero-order chi connectivity index (χ0) is 11.3. The van der Waals surface area contributed by atoms with Gasteiger partial charge in [0.05, 0.1) is 24.2 Å². The molecule has 0 aromatic carbocycles. The van der Waals surface area contributed by atoms with Crippen molar-refractivity contribution in [1.82, 2.24) is 9.88 Å². The van der Waals surface area contributed by atoms with Gasteiger partial charge in [0.2, 0.25) is 5.91 Å². The molecule has 1 aromatic heterocycles. The molecule has 0 atom stereocenters. The molecule has 0 aliphatic rings. The van der Waals surface area contributed by atoms with Crippen LogP contribution in [0.3, 0.4) is 0 Å². The Labute approximate surface area is 91.0 Å². The molecule has 0 fully saturated rings. The maximum atomic E-state index is 11.5. The smallest absolute Gasteiger partial charge is 0.230 e. The van der Waals surface area contributed by atoms with E-state index < -0.39 is 0 Å². The van der Waals surface area contributed by atoms with Crippen LogP contribution in [0.2, 0.25) is 0 Å². The van der Waals surface area contributed by atoms with Crippen molar-refractivity contribution >= 4 is 23.1 Å². The van der Waals surface area contributed by atoms with E-state index in [1.165, 1.54) is 16.2 Å². The Kier molecular flexibility index (Phi) is 4.04. The third-order valence-corrected chi connectivity index (χ3v) is 2.40. The lowest BCUT2D eigenvalue weighted by Gasteiger charge is -2.15. The first-order chi connectivity index (χ1) is 7.13. The third kappa shape index (κ3) is 3.55. The van der Waals surface area contributed by atoms with E-state index in [9.17, 15) is 4.79 Å². The van der Waals surface area contributed by atoms with Crippen molar-refractivity contribution in [3.05, 3.63) is 16.6 Å². The van der Waals surface area contributed by atoms with Gasteiger partial charge in [0, 0.05) is 12.4 Å². The molecule has 0 saturated carbocycles. The van der Waals surface area contributed by atoms with Crippen LogP contribution in [0.25, 0.3) is 0 Å². The zero-order valence-electron chi connectivity index (χ0n) is 8.25. The van der Waals surface area contributed by atoms with Crippen molar-refractivity contribution in [3.63, 3.8) is 0 Å². The van der Waals surface area contributed by atoms with Crippen LogP contribution in [0.15, 0.2) is 16.0 Å². The van der Waals surface area contributed by atoms with E-state index in [-0.39, 0.29) is 18.2 Å². The number of hydrogen-bond donors (Lipinski definition) is 2. The van der Waals surface area contributed by atoms with Crippen LogP contribution >= 0.6 is 11.3 Å². The minimum atomic E-state index is -0.210. The number of carbonyl (C=O) groups excluding carboxylic acids is 1. The Morgan fingerprint density at radius 3 is 3.07 bits per heavy atom. The topological polar surface area (TPSA) is 91.8 Å². The average Bonchev–Trinajstić information content (AvgIpc) is 2.70. The monoisotopic (exact) mass is 228 g/mol.